The van der Waals surface area contributed by atoms with E-state index in [9.17, 15) is 26.7 Å². The molecule has 4 atom stereocenters. The number of halogens is 6. The number of nitrogens with zero attached hydrogens (tertiary/aromatic N) is 1. The lowest BCUT2D eigenvalue weighted by molar-refractivity contribution is -0.275. The van der Waals surface area contributed by atoms with E-state index in [1.54, 1.807) is 0 Å². The molecule has 1 aromatic carbocycles. The molecule has 1 aliphatic heterocycles. The predicted molar refractivity (Wildman–Crippen MR) is 110 cm³/mol. The van der Waals surface area contributed by atoms with Crippen molar-refractivity contribution in [1.82, 2.24) is 9.97 Å². The van der Waals surface area contributed by atoms with Crippen LogP contribution in [0.4, 0.5) is 22.0 Å². The summed E-state index contributed by atoms with van der Waals surface area (Å²) >= 11 is 5.90. The lowest BCUT2D eigenvalue weighted by atomic mass is 9.76. The second-order valence-electron chi connectivity index (χ2n) is 8.08. The molecular weight excluding hydrogens is 471 g/mol. The highest BCUT2D eigenvalue weighted by atomic mass is 35.5. The molecule has 0 saturated carbocycles. The van der Waals surface area contributed by atoms with Crippen molar-refractivity contribution >= 4 is 22.5 Å². The zero-order valence-electron chi connectivity index (χ0n) is 17.6. The van der Waals surface area contributed by atoms with Crippen LogP contribution < -0.4 is 10.2 Å². The molecule has 33 heavy (non-hydrogen) atoms. The Labute approximate surface area is 189 Å². The number of aromatic nitrogens is 2. The smallest absolute Gasteiger partial charge is 0.417 e. The lowest BCUT2D eigenvalue weighted by Gasteiger charge is -2.32. The minimum absolute atomic E-state index is 0.0180. The van der Waals surface area contributed by atoms with Gasteiger partial charge in [0.25, 0.3) is 0 Å². The molecule has 0 unspecified atom stereocenters. The van der Waals surface area contributed by atoms with Crippen LogP contribution >= 0.6 is 11.6 Å². The van der Waals surface area contributed by atoms with Gasteiger partial charge in [0.1, 0.15) is 11.3 Å². The number of ether oxygens (including phenoxy) is 2. The van der Waals surface area contributed by atoms with Gasteiger partial charge in [0, 0.05) is 35.4 Å². The monoisotopic (exact) mass is 488 g/mol. The number of rotatable bonds is 3. The molecule has 0 amide bonds. The molecule has 0 radical (unpaired) electrons. The van der Waals surface area contributed by atoms with Gasteiger partial charge in [0.05, 0.1) is 18.0 Å². The molecule has 3 aromatic rings. The van der Waals surface area contributed by atoms with Gasteiger partial charge in [-0.05, 0) is 19.1 Å². The number of H-pyrrole nitrogens is 1. The standard InChI is InChI=1S/C22H18ClF5N2O3/c1-9-17(10-4-5-12(24)18(25)19(10)32-3)20(33-21(9,2)22(26,27)28)14-6-15(31)11-8-29-16(23)7-13(11)30-14/h4-9,17,20H,1-3H3,(H,30,31)/t9-,17-,20-,21+/m0/s1. The van der Waals surface area contributed by atoms with Crippen molar-refractivity contribution in [2.24, 2.45) is 5.92 Å². The van der Waals surface area contributed by atoms with Gasteiger partial charge in [-0.3, -0.25) is 4.79 Å². The van der Waals surface area contributed by atoms with Crippen molar-refractivity contribution in [3.63, 3.8) is 0 Å². The van der Waals surface area contributed by atoms with Gasteiger partial charge in [-0.25, -0.2) is 9.37 Å². The van der Waals surface area contributed by atoms with Crippen LogP contribution in [0.15, 0.2) is 35.3 Å². The van der Waals surface area contributed by atoms with Crippen LogP contribution in [0.1, 0.15) is 37.1 Å². The number of pyridine rings is 2. The minimum atomic E-state index is -4.80. The SMILES string of the molecule is COc1c([C@H]2[C@H](c3cc(=O)c4cnc(Cl)cc4[nH]3)O[C@@](C)(C(F)(F)F)[C@H]2C)ccc(F)c1F. The zero-order chi connectivity index (χ0) is 24.3. The summed E-state index contributed by atoms with van der Waals surface area (Å²) in [5, 5.41) is 0.240. The van der Waals surface area contributed by atoms with E-state index in [1.165, 1.54) is 19.2 Å². The quantitative estimate of drug-likeness (QED) is 0.381. The highest BCUT2D eigenvalue weighted by molar-refractivity contribution is 6.29. The molecule has 0 spiro atoms. The second-order valence-corrected chi connectivity index (χ2v) is 8.47. The molecule has 4 rings (SSSR count). The van der Waals surface area contributed by atoms with Crippen LogP contribution in [0, 0.1) is 17.6 Å². The van der Waals surface area contributed by atoms with Crippen LogP contribution in [0.25, 0.3) is 10.9 Å². The summed E-state index contributed by atoms with van der Waals surface area (Å²) in [5.41, 5.74) is -2.93. The fourth-order valence-electron chi connectivity index (χ4n) is 4.37. The van der Waals surface area contributed by atoms with E-state index in [4.69, 9.17) is 21.1 Å². The summed E-state index contributed by atoms with van der Waals surface area (Å²) in [5.74, 6) is -5.47. The average Bonchev–Trinajstić information content (AvgIpc) is 3.01. The third-order valence-corrected chi connectivity index (χ3v) is 6.53. The summed E-state index contributed by atoms with van der Waals surface area (Å²) < 4.78 is 81.2. The van der Waals surface area contributed by atoms with E-state index >= 15 is 0 Å². The van der Waals surface area contributed by atoms with Gasteiger partial charge < -0.3 is 14.5 Å². The molecule has 11 heteroatoms. The Balaban J connectivity index is 1.97. The second kappa shape index (κ2) is 7.95. The normalized spacial score (nSPS) is 25.5. The molecule has 2 aromatic heterocycles. The Kier molecular flexibility index (Phi) is 5.65. The van der Waals surface area contributed by atoms with Crippen molar-refractivity contribution < 1.29 is 31.4 Å². The number of fused-ring (bicyclic) bond motifs is 1. The number of benzene rings is 1. The molecule has 1 aliphatic rings. The first-order chi connectivity index (χ1) is 15.4. The van der Waals surface area contributed by atoms with Crippen LogP contribution in [-0.2, 0) is 4.74 Å². The maximum Gasteiger partial charge on any atom is 0.417 e. The fraction of sp³-hybridized carbons (Fsp3) is 0.364. The Bertz CT molecular complexity index is 1300. The van der Waals surface area contributed by atoms with E-state index in [0.29, 0.717) is 0 Å². The average molecular weight is 489 g/mol. The van der Waals surface area contributed by atoms with Gasteiger partial charge >= 0.3 is 6.18 Å². The Morgan fingerprint density at radius 2 is 1.94 bits per heavy atom. The number of nitrogens with one attached hydrogen (secondary N) is 1. The largest absolute Gasteiger partial charge is 0.493 e. The van der Waals surface area contributed by atoms with Gasteiger partial charge in [0.15, 0.2) is 22.6 Å². The van der Waals surface area contributed by atoms with E-state index in [2.05, 4.69) is 9.97 Å². The molecule has 1 saturated heterocycles. The first kappa shape index (κ1) is 23.4. The molecule has 3 heterocycles. The van der Waals surface area contributed by atoms with E-state index in [0.717, 1.165) is 32.2 Å². The molecule has 0 bridgehead atoms. The molecular formula is C22H18ClF5N2O3. The maximum absolute atomic E-state index is 14.5. The number of hydrogen-bond donors (Lipinski definition) is 1. The van der Waals surface area contributed by atoms with E-state index < -0.39 is 52.5 Å². The van der Waals surface area contributed by atoms with Gasteiger partial charge in [0.2, 0.25) is 5.82 Å². The Hall–Kier alpha value is -2.72. The van der Waals surface area contributed by atoms with Gasteiger partial charge in [-0.1, -0.05) is 24.6 Å². The maximum atomic E-state index is 14.5. The zero-order valence-corrected chi connectivity index (χ0v) is 18.3. The Morgan fingerprint density at radius 3 is 2.58 bits per heavy atom. The summed E-state index contributed by atoms with van der Waals surface area (Å²) in [7, 11) is 1.09. The van der Waals surface area contributed by atoms with Crippen molar-refractivity contribution in [1.29, 1.82) is 0 Å². The third-order valence-electron chi connectivity index (χ3n) is 6.32. The molecule has 1 N–H and O–H groups in total. The summed E-state index contributed by atoms with van der Waals surface area (Å²) in [6.07, 6.45) is -4.92. The Morgan fingerprint density at radius 1 is 1.24 bits per heavy atom. The van der Waals surface area contributed by atoms with Crippen molar-refractivity contribution in [2.45, 2.75) is 37.6 Å². The van der Waals surface area contributed by atoms with Gasteiger partial charge in [-0.15, -0.1) is 0 Å². The molecule has 5 nitrogen and oxygen atoms in total. The predicted octanol–water partition coefficient (Wildman–Crippen LogP) is 5.68. The topological polar surface area (TPSA) is 64.2 Å². The number of alkyl halides is 3. The lowest BCUT2D eigenvalue weighted by Crippen LogP contribution is -2.46. The molecule has 0 aliphatic carbocycles. The first-order valence-corrected chi connectivity index (χ1v) is 10.2. The van der Waals surface area contributed by atoms with Gasteiger partial charge in [-0.2, -0.15) is 17.6 Å². The number of hydrogen-bond acceptors (Lipinski definition) is 4. The summed E-state index contributed by atoms with van der Waals surface area (Å²) in [4.78, 5) is 19.4. The fourth-order valence-corrected chi connectivity index (χ4v) is 4.53. The molecule has 176 valence electrons. The van der Waals surface area contributed by atoms with Crippen molar-refractivity contribution in [3.8, 4) is 5.75 Å². The summed E-state index contributed by atoms with van der Waals surface area (Å²) in [6, 6.07) is 4.44. The third kappa shape index (κ3) is 3.65. The van der Waals surface area contributed by atoms with E-state index in [1.807, 2.05) is 0 Å². The highest BCUT2D eigenvalue weighted by Gasteiger charge is 2.65. The van der Waals surface area contributed by atoms with Crippen LogP contribution in [0.5, 0.6) is 5.75 Å². The van der Waals surface area contributed by atoms with Crippen LogP contribution in [-0.4, -0.2) is 28.9 Å². The van der Waals surface area contributed by atoms with Crippen LogP contribution in [0.2, 0.25) is 5.15 Å². The molecule has 1 fully saturated rings. The number of methoxy groups -OCH3 is 1. The summed E-state index contributed by atoms with van der Waals surface area (Å²) in [6.45, 7) is 2.19. The van der Waals surface area contributed by atoms with Crippen molar-refractivity contribution in [2.75, 3.05) is 7.11 Å². The highest BCUT2D eigenvalue weighted by Crippen LogP contribution is 2.59. The number of aromatic amines is 1. The van der Waals surface area contributed by atoms with Crippen molar-refractivity contribution in [3.05, 3.63) is 68.7 Å². The van der Waals surface area contributed by atoms with E-state index in [-0.39, 0.29) is 27.3 Å². The minimum Gasteiger partial charge on any atom is -0.493 e. The van der Waals surface area contributed by atoms with Crippen LogP contribution in [0.3, 0.4) is 0 Å². The first-order valence-electron chi connectivity index (χ1n) is 9.84.